The van der Waals surface area contributed by atoms with E-state index in [1.807, 2.05) is 42.5 Å². The lowest BCUT2D eigenvalue weighted by molar-refractivity contribution is 0.102. The molecule has 2 saturated heterocycles. The first-order chi connectivity index (χ1) is 18.1. The molecule has 194 valence electrons. The lowest BCUT2D eigenvalue weighted by Crippen LogP contribution is -2.29. The number of hydrogen-bond donors (Lipinski definition) is 3. The number of rotatable bonds is 8. The Morgan fingerprint density at radius 1 is 1.05 bits per heavy atom. The maximum atomic E-state index is 12.9. The average molecular weight is 501 g/mol. The third kappa shape index (κ3) is 6.20. The molecule has 4 heterocycles. The summed E-state index contributed by atoms with van der Waals surface area (Å²) in [4.78, 5) is 37.6. The minimum absolute atomic E-state index is 0.201. The SMILES string of the molecule is CN1CCCC1CCNc1cccc(-c2c[nH]c(=O)c(NC(=O)c3ccc(N4CCCCC4)cc3)c2)n1. The highest BCUT2D eigenvalue weighted by molar-refractivity contribution is 6.04. The van der Waals surface area contributed by atoms with E-state index in [0.29, 0.717) is 11.6 Å². The van der Waals surface area contributed by atoms with Crippen molar-refractivity contribution in [2.75, 3.05) is 48.8 Å². The van der Waals surface area contributed by atoms with Crippen LogP contribution in [0.2, 0.25) is 0 Å². The van der Waals surface area contributed by atoms with Crippen molar-refractivity contribution in [3.05, 3.63) is 70.6 Å². The van der Waals surface area contributed by atoms with E-state index in [0.717, 1.165) is 48.8 Å². The molecule has 0 saturated carbocycles. The van der Waals surface area contributed by atoms with Gasteiger partial charge in [-0.25, -0.2) is 4.98 Å². The number of anilines is 3. The van der Waals surface area contributed by atoms with Crippen molar-refractivity contribution in [3.63, 3.8) is 0 Å². The van der Waals surface area contributed by atoms with Crippen molar-refractivity contribution >= 4 is 23.1 Å². The number of benzene rings is 1. The zero-order chi connectivity index (χ0) is 25.6. The monoisotopic (exact) mass is 500 g/mol. The number of pyridine rings is 2. The van der Waals surface area contributed by atoms with Crippen molar-refractivity contribution in [1.29, 1.82) is 0 Å². The van der Waals surface area contributed by atoms with Crippen LogP contribution in [0.4, 0.5) is 17.2 Å². The number of carbonyl (C=O) groups is 1. The maximum absolute atomic E-state index is 12.9. The van der Waals surface area contributed by atoms with Crippen molar-refractivity contribution in [2.24, 2.45) is 0 Å². The van der Waals surface area contributed by atoms with E-state index in [1.165, 1.54) is 38.6 Å². The van der Waals surface area contributed by atoms with Crippen LogP contribution >= 0.6 is 0 Å². The van der Waals surface area contributed by atoms with Crippen LogP contribution in [0.15, 0.2) is 59.5 Å². The van der Waals surface area contributed by atoms with E-state index in [1.54, 1.807) is 12.3 Å². The van der Waals surface area contributed by atoms with Gasteiger partial charge in [-0.1, -0.05) is 6.07 Å². The standard InChI is InChI=1S/C29H36N6O2/c1-34-16-6-7-23(34)14-15-30-27-9-5-8-25(32-27)22-19-26(29(37)31-20-22)33-28(36)21-10-12-24(13-11-21)35-17-3-2-4-18-35/h5,8-13,19-20,23H,2-4,6-7,14-18H2,1H3,(H,30,32)(H,31,37)(H,33,36). The average Bonchev–Trinajstić information content (AvgIpc) is 3.35. The Kier molecular flexibility index (Phi) is 7.84. The summed E-state index contributed by atoms with van der Waals surface area (Å²) in [5.74, 6) is 0.483. The number of hydrogen-bond acceptors (Lipinski definition) is 6. The zero-order valence-electron chi connectivity index (χ0n) is 21.5. The summed E-state index contributed by atoms with van der Waals surface area (Å²) in [5, 5.41) is 6.20. The molecular weight excluding hydrogens is 464 g/mol. The van der Waals surface area contributed by atoms with Gasteiger partial charge in [-0.2, -0.15) is 0 Å². The molecule has 0 spiro atoms. The second-order valence-electron chi connectivity index (χ2n) is 10.1. The first kappa shape index (κ1) is 25.0. The number of nitrogens with one attached hydrogen (secondary N) is 3. The van der Waals surface area contributed by atoms with Crippen LogP contribution in [-0.4, -0.2) is 60.0 Å². The summed E-state index contributed by atoms with van der Waals surface area (Å²) < 4.78 is 0. The van der Waals surface area contributed by atoms with E-state index in [4.69, 9.17) is 4.98 Å². The molecule has 5 rings (SSSR count). The van der Waals surface area contributed by atoms with Crippen LogP contribution in [0.3, 0.4) is 0 Å². The van der Waals surface area contributed by atoms with Gasteiger partial charge in [0, 0.05) is 48.7 Å². The summed E-state index contributed by atoms with van der Waals surface area (Å²) in [6, 6.07) is 15.7. The Balaban J connectivity index is 1.24. The highest BCUT2D eigenvalue weighted by atomic mass is 16.2. The fourth-order valence-electron chi connectivity index (χ4n) is 5.30. The van der Waals surface area contributed by atoms with Crippen LogP contribution < -0.4 is 21.1 Å². The van der Waals surface area contributed by atoms with Crippen molar-refractivity contribution in [3.8, 4) is 11.3 Å². The molecule has 0 radical (unpaired) electrons. The van der Waals surface area contributed by atoms with Gasteiger partial charge in [0.1, 0.15) is 11.5 Å². The molecule has 1 aromatic carbocycles. The molecule has 8 heteroatoms. The lowest BCUT2D eigenvalue weighted by Gasteiger charge is -2.28. The molecule has 2 fully saturated rings. The fourth-order valence-corrected chi connectivity index (χ4v) is 5.30. The van der Waals surface area contributed by atoms with Gasteiger partial charge in [-0.05, 0) is 94.6 Å². The minimum atomic E-state index is -0.350. The quantitative estimate of drug-likeness (QED) is 0.419. The van der Waals surface area contributed by atoms with Gasteiger partial charge in [-0.3, -0.25) is 9.59 Å². The normalized spacial score (nSPS) is 18.1. The molecule has 8 nitrogen and oxygen atoms in total. The van der Waals surface area contributed by atoms with Crippen LogP contribution in [0.5, 0.6) is 0 Å². The third-order valence-electron chi connectivity index (χ3n) is 7.50. The van der Waals surface area contributed by atoms with Crippen molar-refractivity contribution in [1.82, 2.24) is 14.9 Å². The molecule has 37 heavy (non-hydrogen) atoms. The number of piperidine rings is 1. The molecule has 0 bridgehead atoms. The molecule has 2 aromatic heterocycles. The Morgan fingerprint density at radius 2 is 1.86 bits per heavy atom. The van der Waals surface area contributed by atoms with Gasteiger partial charge in [0.2, 0.25) is 0 Å². The lowest BCUT2D eigenvalue weighted by atomic mass is 10.1. The molecule has 2 aliphatic rings. The second kappa shape index (κ2) is 11.6. The Hall–Kier alpha value is -3.65. The molecule has 3 N–H and O–H groups in total. The summed E-state index contributed by atoms with van der Waals surface area (Å²) in [5.41, 5.74) is 2.95. The minimum Gasteiger partial charge on any atom is -0.372 e. The first-order valence-electron chi connectivity index (χ1n) is 13.4. The molecule has 1 atom stereocenters. The molecule has 0 aliphatic carbocycles. The van der Waals surface area contributed by atoms with E-state index in [2.05, 4.69) is 32.5 Å². The second-order valence-corrected chi connectivity index (χ2v) is 10.1. The molecule has 2 aliphatic heterocycles. The molecular formula is C29H36N6O2. The van der Waals surface area contributed by atoms with Gasteiger partial charge < -0.3 is 25.4 Å². The predicted molar refractivity (Wildman–Crippen MR) is 150 cm³/mol. The van der Waals surface area contributed by atoms with Crippen LogP contribution in [0.25, 0.3) is 11.3 Å². The Bertz CT molecular complexity index is 1270. The van der Waals surface area contributed by atoms with Crippen LogP contribution in [0, 0.1) is 0 Å². The van der Waals surface area contributed by atoms with Gasteiger partial charge in [0.25, 0.3) is 11.5 Å². The number of nitrogens with zero attached hydrogens (tertiary/aromatic N) is 3. The van der Waals surface area contributed by atoms with E-state index >= 15 is 0 Å². The zero-order valence-corrected chi connectivity index (χ0v) is 21.5. The topological polar surface area (TPSA) is 93.4 Å². The van der Waals surface area contributed by atoms with Gasteiger partial charge in [-0.15, -0.1) is 0 Å². The number of aromatic amines is 1. The summed E-state index contributed by atoms with van der Waals surface area (Å²) in [6.45, 7) is 4.13. The molecule has 1 unspecified atom stereocenters. The smallest absolute Gasteiger partial charge is 0.271 e. The highest BCUT2D eigenvalue weighted by Gasteiger charge is 2.20. The van der Waals surface area contributed by atoms with Gasteiger partial charge in [0.05, 0.1) is 5.69 Å². The first-order valence-corrected chi connectivity index (χ1v) is 13.4. The van der Waals surface area contributed by atoms with Crippen LogP contribution in [0.1, 0.15) is 48.9 Å². The number of carbonyl (C=O) groups excluding carboxylic acids is 1. The molecule has 3 aromatic rings. The van der Waals surface area contributed by atoms with E-state index in [9.17, 15) is 9.59 Å². The van der Waals surface area contributed by atoms with Gasteiger partial charge >= 0.3 is 0 Å². The van der Waals surface area contributed by atoms with E-state index in [-0.39, 0.29) is 17.2 Å². The van der Waals surface area contributed by atoms with E-state index < -0.39 is 0 Å². The number of likely N-dealkylation sites (tertiary alicyclic amines) is 1. The number of aromatic nitrogens is 2. The summed E-state index contributed by atoms with van der Waals surface area (Å²) in [7, 11) is 2.19. The number of H-pyrrole nitrogens is 1. The summed E-state index contributed by atoms with van der Waals surface area (Å²) in [6.07, 6.45) is 8.91. The van der Waals surface area contributed by atoms with Crippen molar-refractivity contribution in [2.45, 2.75) is 44.6 Å². The third-order valence-corrected chi connectivity index (χ3v) is 7.50. The largest absolute Gasteiger partial charge is 0.372 e. The summed E-state index contributed by atoms with van der Waals surface area (Å²) >= 11 is 0. The van der Waals surface area contributed by atoms with Crippen LogP contribution in [-0.2, 0) is 0 Å². The fraction of sp³-hybridized carbons (Fsp3) is 0.414. The maximum Gasteiger partial charge on any atom is 0.271 e. The van der Waals surface area contributed by atoms with Crippen molar-refractivity contribution < 1.29 is 4.79 Å². The Morgan fingerprint density at radius 3 is 2.62 bits per heavy atom. The van der Waals surface area contributed by atoms with Gasteiger partial charge in [0.15, 0.2) is 0 Å². The number of amides is 1. The molecule has 1 amide bonds. The predicted octanol–water partition coefficient (Wildman–Crippen LogP) is 4.58. The highest BCUT2D eigenvalue weighted by Crippen LogP contribution is 2.23. The Labute approximate surface area is 218 Å².